The quantitative estimate of drug-likeness (QED) is 0.346. The second kappa shape index (κ2) is 8.89. The monoisotopic (exact) mass is 439 g/mol. The highest BCUT2D eigenvalue weighted by atomic mass is 32.2. The maximum Gasteiger partial charge on any atom is 0.263 e. The van der Waals surface area contributed by atoms with Crippen LogP contribution in [-0.4, -0.2) is 21.2 Å². The summed E-state index contributed by atoms with van der Waals surface area (Å²) in [5, 5.41) is 4.06. The third-order valence-electron chi connectivity index (χ3n) is 4.81. The molecule has 0 spiro atoms. The van der Waals surface area contributed by atoms with Gasteiger partial charge in [-0.1, -0.05) is 42.1 Å². The van der Waals surface area contributed by atoms with Crippen LogP contribution in [0.3, 0.4) is 0 Å². The first kappa shape index (κ1) is 20.4. The van der Waals surface area contributed by atoms with Gasteiger partial charge in [-0.2, -0.15) is 0 Å². The second-order valence-corrected chi connectivity index (χ2v) is 9.03. The van der Waals surface area contributed by atoms with E-state index in [9.17, 15) is 9.59 Å². The lowest BCUT2D eigenvalue weighted by atomic mass is 10.2. The Bertz CT molecular complexity index is 1230. The molecule has 1 N–H and O–H groups in total. The molecule has 30 heavy (non-hydrogen) atoms. The lowest BCUT2D eigenvalue weighted by molar-refractivity contribution is -0.118. The Balaban J connectivity index is 1.57. The van der Waals surface area contributed by atoms with E-state index in [2.05, 4.69) is 5.32 Å². The number of amides is 1. The number of aromatic nitrogens is 2. The lowest BCUT2D eigenvalue weighted by Gasteiger charge is -2.11. The molecule has 3 heterocycles. The van der Waals surface area contributed by atoms with E-state index in [1.165, 1.54) is 23.1 Å². The number of hydrogen-bond donors (Lipinski definition) is 1. The predicted octanol–water partition coefficient (Wildman–Crippen LogP) is 4.12. The normalized spacial score (nSPS) is 11.1. The molecule has 0 bridgehead atoms. The Kier molecular flexibility index (Phi) is 6.06. The number of carbonyl (C=O) groups is 1. The van der Waals surface area contributed by atoms with Gasteiger partial charge in [0.1, 0.15) is 10.6 Å². The van der Waals surface area contributed by atoms with Gasteiger partial charge in [0.05, 0.1) is 23.9 Å². The summed E-state index contributed by atoms with van der Waals surface area (Å²) in [5.41, 5.74) is 1.89. The highest BCUT2D eigenvalue weighted by molar-refractivity contribution is 7.99. The Hall–Kier alpha value is -2.84. The number of carbonyl (C=O) groups excluding carboxylic acids is 1. The van der Waals surface area contributed by atoms with Crippen molar-refractivity contribution in [2.45, 2.75) is 32.1 Å². The summed E-state index contributed by atoms with van der Waals surface area (Å²) in [4.78, 5) is 32.1. The molecule has 3 aromatic heterocycles. The molecule has 0 unspecified atom stereocenters. The lowest BCUT2D eigenvalue weighted by Crippen LogP contribution is -2.27. The van der Waals surface area contributed by atoms with Crippen molar-refractivity contribution >= 4 is 39.2 Å². The number of nitrogens with zero attached hydrogens (tertiary/aromatic N) is 2. The van der Waals surface area contributed by atoms with Crippen molar-refractivity contribution in [3.63, 3.8) is 0 Å². The van der Waals surface area contributed by atoms with Gasteiger partial charge < -0.3 is 9.73 Å². The number of hydrogen-bond acceptors (Lipinski definition) is 6. The summed E-state index contributed by atoms with van der Waals surface area (Å²) >= 11 is 2.76. The second-order valence-electron chi connectivity index (χ2n) is 6.88. The Labute approximate surface area is 181 Å². The number of thioether (sulfide) groups is 1. The molecular weight excluding hydrogens is 418 g/mol. The number of aryl methyl sites for hydroxylation is 2. The van der Waals surface area contributed by atoms with Gasteiger partial charge in [0.15, 0.2) is 5.16 Å². The SMILES string of the molecule is Cc1sc2nc(SCC(=O)NCc3ccccc3)n(Cc3ccco3)c(=O)c2c1C. The van der Waals surface area contributed by atoms with Crippen LogP contribution in [0.5, 0.6) is 0 Å². The van der Waals surface area contributed by atoms with Gasteiger partial charge in [-0.25, -0.2) is 4.98 Å². The van der Waals surface area contributed by atoms with E-state index in [4.69, 9.17) is 9.40 Å². The first-order valence-electron chi connectivity index (χ1n) is 9.49. The average Bonchev–Trinajstić information content (AvgIpc) is 3.36. The summed E-state index contributed by atoms with van der Waals surface area (Å²) in [6, 6.07) is 13.4. The molecule has 154 valence electrons. The van der Waals surface area contributed by atoms with E-state index in [0.717, 1.165) is 16.0 Å². The molecule has 1 aromatic carbocycles. The molecule has 0 saturated heterocycles. The number of thiophene rings is 1. The van der Waals surface area contributed by atoms with Gasteiger partial charge in [0.2, 0.25) is 5.91 Å². The van der Waals surface area contributed by atoms with Gasteiger partial charge in [0, 0.05) is 11.4 Å². The van der Waals surface area contributed by atoms with E-state index in [-0.39, 0.29) is 23.8 Å². The molecule has 0 aliphatic rings. The van der Waals surface area contributed by atoms with E-state index < -0.39 is 0 Å². The number of rotatable bonds is 7. The fourth-order valence-electron chi connectivity index (χ4n) is 3.09. The van der Waals surface area contributed by atoms with Crippen molar-refractivity contribution in [1.29, 1.82) is 0 Å². The van der Waals surface area contributed by atoms with Crippen LogP contribution in [0.2, 0.25) is 0 Å². The molecule has 6 nitrogen and oxygen atoms in total. The van der Waals surface area contributed by atoms with Gasteiger partial charge in [-0.05, 0) is 37.1 Å². The minimum absolute atomic E-state index is 0.106. The third kappa shape index (κ3) is 4.34. The Morgan fingerprint density at radius 3 is 2.73 bits per heavy atom. The highest BCUT2D eigenvalue weighted by Gasteiger charge is 2.18. The number of fused-ring (bicyclic) bond motifs is 1. The van der Waals surface area contributed by atoms with Crippen molar-refractivity contribution < 1.29 is 9.21 Å². The van der Waals surface area contributed by atoms with Crippen LogP contribution in [0.1, 0.15) is 21.8 Å². The Morgan fingerprint density at radius 2 is 2.00 bits per heavy atom. The Morgan fingerprint density at radius 1 is 1.20 bits per heavy atom. The van der Waals surface area contributed by atoms with Crippen LogP contribution in [-0.2, 0) is 17.9 Å². The van der Waals surface area contributed by atoms with Gasteiger partial charge in [0.25, 0.3) is 5.56 Å². The van der Waals surface area contributed by atoms with E-state index in [1.807, 2.05) is 50.2 Å². The van der Waals surface area contributed by atoms with E-state index >= 15 is 0 Å². The topological polar surface area (TPSA) is 77.1 Å². The first-order chi connectivity index (χ1) is 14.5. The van der Waals surface area contributed by atoms with Crippen LogP contribution in [0, 0.1) is 13.8 Å². The van der Waals surface area contributed by atoms with Crippen molar-refractivity contribution in [3.05, 3.63) is 80.8 Å². The maximum atomic E-state index is 13.2. The van der Waals surface area contributed by atoms with Gasteiger partial charge in [-0.3, -0.25) is 14.2 Å². The van der Waals surface area contributed by atoms with Crippen LogP contribution < -0.4 is 10.9 Å². The summed E-state index contributed by atoms with van der Waals surface area (Å²) in [5.74, 6) is 0.728. The van der Waals surface area contributed by atoms with Crippen LogP contribution >= 0.6 is 23.1 Å². The molecule has 4 aromatic rings. The van der Waals surface area contributed by atoms with Crippen molar-refractivity contribution in [2.75, 3.05) is 5.75 Å². The smallest absolute Gasteiger partial charge is 0.263 e. The maximum absolute atomic E-state index is 13.2. The summed E-state index contributed by atoms with van der Waals surface area (Å²) in [7, 11) is 0. The third-order valence-corrected chi connectivity index (χ3v) is 6.89. The largest absolute Gasteiger partial charge is 0.467 e. The molecule has 0 saturated carbocycles. The fraction of sp³-hybridized carbons (Fsp3) is 0.227. The molecule has 0 atom stereocenters. The summed E-state index contributed by atoms with van der Waals surface area (Å²) in [6.07, 6.45) is 1.58. The molecule has 0 aliphatic carbocycles. The number of furan rings is 1. The minimum Gasteiger partial charge on any atom is -0.467 e. The zero-order valence-electron chi connectivity index (χ0n) is 16.7. The van der Waals surface area contributed by atoms with Crippen molar-refractivity contribution in [2.24, 2.45) is 0 Å². The first-order valence-corrected chi connectivity index (χ1v) is 11.3. The van der Waals surface area contributed by atoms with Crippen LogP contribution in [0.15, 0.2) is 63.1 Å². The molecule has 0 aliphatic heterocycles. The van der Waals surface area contributed by atoms with E-state index in [1.54, 1.807) is 16.9 Å². The van der Waals surface area contributed by atoms with Crippen LogP contribution in [0.4, 0.5) is 0 Å². The van der Waals surface area contributed by atoms with Crippen molar-refractivity contribution in [1.82, 2.24) is 14.9 Å². The summed E-state index contributed by atoms with van der Waals surface area (Å²) in [6.45, 7) is 4.67. The number of nitrogens with one attached hydrogen (secondary N) is 1. The van der Waals surface area contributed by atoms with Gasteiger partial charge >= 0.3 is 0 Å². The summed E-state index contributed by atoms with van der Waals surface area (Å²) < 4.78 is 7.03. The minimum atomic E-state index is -0.110. The van der Waals surface area contributed by atoms with E-state index in [0.29, 0.717) is 27.7 Å². The van der Waals surface area contributed by atoms with Crippen LogP contribution in [0.25, 0.3) is 10.2 Å². The molecule has 0 radical (unpaired) electrons. The fourth-order valence-corrected chi connectivity index (χ4v) is 4.99. The molecule has 1 amide bonds. The average molecular weight is 440 g/mol. The zero-order chi connectivity index (χ0) is 21.1. The predicted molar refractivity (Wildman–Crippen MR) is 120 cm³/mol. The highest BCUT2D eigenvalue weighted by Crippen LogP contribution is 2.28. The number of benzene rings is 1. The molecule has 8 heteroatoms. The zero-order valence-corrected chi connectivity index (χ0v) is 18.3. The molecule has 0 fully saturated rings. The van der Waals surface area contributed by atoms with Crippen molar-refractivity contribution in [3.8, 4) is 0 Å². The standard InChI is InChI=1S/C22H21N3O3S2/c1-14-15(2)30-20-19(14)21(27)25(12-17-9-6-10-28-17)22(24-20)29-13-18(26)23-11-16-7-4-3-5-8-16/h3-10H,11-13H2,1-2H3,(H,23,26). The molecule has 4 rings (SSSR count). The van der Waals surface area contributed by atoms with Gasteiger partial charge in [-0.15, -0.1) is 11.3 Å². The molecular formula is C22H21N3O3S2.